The minimum Gasteiger partial charge on any atom is -0.347 e. The van der Waals surface area contributed by atoms with Crippen molar-refractivity contribution < 1.29 is 9.47 Å². The van der Waals surface area contributed by atoms with Gasteiger partial charge < -0.3 is 9.47 Å². The van der Waals surface area contributed by atoms with Crippen LogP contribution >= 0.6 is 0 Å². The van der Waals surface area contributed by atoms with Crippen molar-refractivity contribution >= 4 is 0 Å². The summed E-state index contributed by atoms with van der Waals surface area (Å²) in [5, 5.41) is 0. The van der Waals surface area contributed by atoms with Gasteiger partial charge in [-0.15, -0.1) is 5.92 Å². The minimum atomic E-state index is -0.436. The minimum absolute atomic E-state index is 0.0278. The van der Waals surface area contributed by atoms with Gasteiger partial charge in [-0.25, -0.2) is 0 Å². The molecule has 2 nitrogen and oxygen atoms in total. The highest BCUT2D eigenvalue weighted by atomic mass is 16.7. The maximum atomic E-state index is 5.39. The van der Waals surface area contributed by atoms with E-state index in [4.69, 9.17) is 9.47 Å². The molecular formula is C8H12O2. The fourth-order valence-corrected chi connectivity index (χ4v) is 0.919. The second-order valence-corrected chi connectivity index (χ2v) is 2.71. The molecule has 0 aliphatic carbocycles. The van der Waals surface area contributed by atoms with Gasteiger partial charge in [0.2, 0.25) is 0 Å². The molecule has 1 saturated heterocycles. The average molecular weight is 140 g/mol. The van der Waals surface area contributed by atoms with Crippen molar-refractivity contribution in [1.82, 2.24) is 0 Å². The first-order valence-electron chi connectivity index (χ1n) is 3.38. The van der Waals surface area contributed by atoms with E-state index in [1.807, 2.05) is 13.8 Å². The van der Waals surface area contributed by atoms with Crippen molar-refractivity contribution in [2.75, 3.05) is 6.61 Å². The van der Waals surface area contributed by atoms with Gasteiger partial charge in [-0.3, -0.25) is 0 Å². The van der Waals surface area contributed by atoms with E-state index in [1.54, 1.807) is 6.92 Å². The molecule has 2 heteroatoms. The van der Waals surface area contributed by atoms with E-state index in [1.165, 1.54) is 0 Å². The standard InChI is InChI=1S/C8H12O2/c1-4-5-7-6-9-8(2,3)10-7/h7H,6H2,1-3H3/t7-/m0/s1. The van der Waals surface area contributed by atoms with Crippen LogP contribution in [0.2, 0.25) is 0 Å². The van der Waals surface area contributed by atoms with E-state index >= 15 is 0 Å². The van der Waals surface area contributed by atoms with Crippen molar-refractivity contribution in [3.05, 3.63) is 0 Å². The zero-order chi connectivity index (χ0) is 7.61. The average Bonchev–Trinajstić information content (AvgIpc) is 2.12. The molecule has 0 aromatic heterocycles. The molecule has 56 valence electrons. The van der Waals surface area contributed by atoms with Crippen LogP contribution in [0.3, 0.4) is 0 Å². The highest BCUT2D eigenvalue weighted by molar-refractivity contribution is 5.04. The van der Waals surface area contributed by atoms with Crippen LogP contribution in [-0.4, -0.2) is 18.5 Å². The third-order valence-electron chi connectivity index (χ3n) is 1.31. The van der Waals surface area contributed by atoms with E-state index in [0.717, 1.165) is 0 Å². The number of hydrogen-bond acceptors (Lipinski definition) is 2. The Morgan fingerprint density at radius 3 is 2.60 bits per heavy atom. The Morgan fingerprint density at radius 1 is 1.50 bits per heavy atom. The lowest BCUT2D eigenvalue weighted by Gasteiger charge is -2.14. The second kappa shape index (κ2) is 2.61. The molecule has 0 N–H and O–H groups in total. The van der Waals surface area contributed by atoms with Crippen molar-refractivity contribution in [2.45, 2.75) is 32.7 Å². The summed E-state index contributed by atoms with van der Waals surface area (Å²) in [6.45, 7) is 6.18. The summed E-state index contributed by atoms with van der Waals surface area (Å²) in [7, 11) is 0. The van der Waals surface area contributed by atoms with Crippen molar-refractivity contribution in [1.29, 1.82) is 0 Å². The smallest absolute Gasteiger partial charge is 0.164 e. The molecule has 1 fully saturated rings. The molecule has 1 heterocycles. The van der Waals surface area contributed by atoms with Crippen molar-refractivity contribution in [3.63, 3.8) is 0 Å². The summed E-state index contributed by atoms with van der Waals surface area (Å²) in [5.41, 5.74) is 0. The zero-order valence-electron chi connectivity index (χ0n) is 6.60. The highest BCUT2D eigenvalue weighted by Gasteiger charge is 2.31. The quantitative estimate of drug-likeness (QED) is 0.470. The first-order chi connectivity index (χ1) is 4.64. The van der Waals surface area contributed by atoms with Gasteiger partial charge in [0.15, 0.2) is 5.79 Å². The molecular weight excluding hydrogens is 128 g/mol. The van der Waals surface area contributed by atoms with Crippen LogP contribution in [0.25, 0.3) is 0 Å². The van der Waals surface area contributed by atoms with Gasteiger partial charge in [-0.05, 0) is 20.8 Å². The molecule has 0 spiro atoms. The summed E-state index contributed by atoms with van der Waals surface area (Å²) >= 11 is 0. The van der Waals surface area contributed by atoms with Gasteiger partial charge in [0, 0.05) is 0 Å². The van der Waals surface area contributed by atoms with Crippen LogP contribution in [0.4, 0.5) is 0 Å². The lowest BCUT2D eigenvalue weighted by molar-refractivity contribution is -0.132. The van der Waals surface area contributed by atoms with Gasteiger partial charge in [0.05, 0.1) is 6.61 Å². The number of rotatable bonds is 0. The predicted molar refractivity (Wildman–Crippen MR) is 38.4 cm³/mol. The predicted octanol–water partition coefficient (Wildman–Crippen LogP) is 1.16. The molecule has 0 saturated carbocycles. The Kier molecular flexibility index (Phi) is 1.98. The molecule has 0 amide bonds. The molecule has 1 atom stereocenters. The Morgan fingerprint density at radius 2 is 2.20 bits per heavy atom. The summed E-state index contributed by atoms with van der Waals surface area (Å²) in [4.78, 5) is 0. The molecule has 0 radical (unpaired) electrons. The molecule has 0 unspecified atom stereocenters. The molecule has 1 aliphatic heterocycles. The SMILES string of the molecule is CC#C[C@H]1COC(C)(C)O1. The Balaban J connectivity index is 2.48. The van der Waals surface area contributed by atoms with Crippen LogP contribution in [0.5, 0.6) is 0 Å². The van der Waals surface area contributed by atoms with E-state index in [2.05, 4.69) is 11.8 Å². The lowest BCUT2D eigenvalue weighted by atomic mass is 10.4. The molecule has 1 aliphatic rings. The summed E-state index contributed by atoms with van der Waals surface area (Å²) in [6, 6.07) is 0. The molecule has 0 aromatic rings. The highest BCUT2D eigenvalue weighted by Crippen LogP contribution is 2.21. The summed E-state index contributed by atoms with van der Waals surface area (Å²) in [6.07, 6.45) is -0.0278. The summed E-state index contributed by atoms with van der Waals surface area (Å²) in [5.74, 6) is 5.26. The van der Waals surface area contributed by atoms with Crippen LogP contribution in [0.15, 0.2) is 0 Å². The van der Waals surface area contributed by atoms with Crippen LogP contribution in [-0.2, 0) is 9.47 Å². The van der Waals surface area contributed by atoms with Crippen LogP contribution in [0, 0.1) is 11.8 Å². The van der Waals surface area contributed by atoms with Gasteiger partial charge >= 0.3 is 0 Å². The maximum Gasteiger partial charge on any atom is 0.164 e. The first kappa shape index (κ1) is 7.59. The Bertz CT molecular complexity index is 173. The van der Waals surface area contributed by atoms with E-state index in [0.29, 0.717) is 6.61 Å². The number of ether oxygens (including phenoxy) is 2. The van der Waals surface area contributed by atoms with Crippen molar-refractivity contribution in [2.24, 2.45) is 0 Å². The van der Waals surface area contributed by atoms with Gasteiger partial charge in [-0.2, -0.15) is 0 Å². The van der Waals surface area contributed by atoms with Crippen molar-refractivity contribution in [3.8, 4) is 11.8 Å². The van der Waals surface area contributed by atoms with Crippen LogP contribution < -0.4 is 0 Å². The maximum absolute atomic E-state index is 5.39. The van der Waals surface area contributed by atoms with Gasteiger partial charge in [0.1, 0.15) is 6.10 Å². The van der Waals surface area contributed by atoms with Crippen LogP contribution in [0.1, 0.15) is 20.8 Å². The first-order valence-corrected chi connectivity index (χ1v) is 3.38. The Hall–Kier alpha value is -0.520. The molecule has 10 heavy (non-hydrogen) atoms. The van der Waals surface area contributed by atoms with E-state index < -0.39 is 5.79 Å². The normalized spacial score (nSPS) is 29.3. The molecule has 0 bridgehead atoms. The largest absolute Gasteiger partial charge is 0.347 e. The fraction of sp³-hybridized carbons (Fsp3) is 0.750. The zero-order valence-corrected chi connectivity index (χ0v) is 6.60. The third-order valence-corrected chi connectivity index (χ3v) is 1.31. The monoisotopic (exact) mass is 140 g/mol. The second-order valence-electron chi connectivity index (χ2n) is 2.71. The van der Waals surface area contributed by atoms with E-state index in [9.17, 15) is 0 Å². The third kappa shape index (κ3) is 1.73. The van der Waals surface area contributed by atoms with Gasteiger partial charge in [-0.1, -0.05) is 5.92 Å². The Labute approximate surface area is 61.5 Å². The summed E-state index contributed by atoms with van der Waals surface area (Å²) < 4.78 is 10.7. The molecule has 0 aromatic carbocycles. The number of hydrogen-bond donors (Lipinski definition) is 0. The topological polar surface area (TPSA) is 18.5 Å². The lowest BCUT2D eigenvalue weighted by Crippen LogP contribution is -2.20. The van der Waals surface area contributed by atoms with E-state index in [-0.39, 0.29) is 6.10 Å². The van der Waals surface area contributed by atoms with Gasteiger partial charge in [0.25, 0.3) is 0 Å². The fourth-order valence-electron chi connectivity index (χ4n) is 0.919. The molecule has 1 rings (SSSR count).